The summed E-state index contributed by atoms with van der Waals surface area (Å²) in [5.41, 5.74) is -1.17. The Morgan fingerprint density at radius 3 is 2.45 bits per heavy atom. The molecule has 20 heavy (non-hydrogen) atoms. The van der Waals surface area contributed by atoms with Gasteiger partial charge in [0.2, 0.25) is 11.8 Å². The highest BCUT2D eigenvalue weighted by atomic mass is 16.5. The molecular formula is C13H21N3O4. The summed E-state index contributed by atoms with van der Waals surface area (Å²) in [7, 11) is 0. The van der Waals surface area contributed by atoms with E-state index in [1.807, 2.05) is 0 Å². The van der Waals surface area contributed by atoms with Crippen molar-refractivity contribution in [2.24, 2.45) is 5.41 Å². The Morgan fingerprint density at radius 1 is 1.15 bits per heavy atom. The molecule has 0 aliphatic carbocycles. The van der Waals surface area contributed by atoms with Crippen molar-refractivity contribution in [3.05, 3.63) is 0 Å². The van der Waals surface area contributed by atoms with Gasteiger partial charge >= 0.3 is 6.03 Å². The van der Waals surface area contributed by atoms with Crippen LogP contribution in [0.15, 0.2) is 0 Å². The fourth-order valence-electron chi connectivity index (χ4n) is 2.33. The molecule has 0 radical (unpaired) electrons. The highest BCUT2D eigenvalue weighted by molar-refractivity contribution is 6.18. The van der Waals surface area contributed by atoms with Gasteiger partial charge in [-0.05, 0) is 20.3 Å². The first-order valence-corrected chi connectivity index (χ1v) is 6.90. The van der Waals surface area contributed by atoms with Crippen LogP contribution in [0.4, 0.5) is 4.79 Å². The molecular weight excluding hydrogens is 262 g/mol. The Balaban J connectivity index is 1.86. The van der Waals surface area contributed by atoms with E-state index in [9.17, 15) is 14.4 Å². The van der Waals surface area contributed by atoms with E-state index >= 15 is 0 Å². The molecule has 0 aromatic heterocycles. The lowest BCUT2D eigenvalue weighted by Gasteiger charge is -2.35. The van der Waals surface area contributed by atoms with Gasteiger partial charge in [-0.15, -0.1) is 0 Å². The van der Waals surface area contributed by atoms with Crippen molar-refractivity contribution >= 4 is 17.8 Å². The van der Waals surface area contributed by atoms with Crippen LogP contribution in [0.2, 0.25) is 0 Å². The number of barbiturate groups is 1. The molecule has 2 heterocycles. The van der Waals surface area contributed by atoms with Crippen LogP contribution >= 0.6 is 0 Å². The van der Waals surface area contributed by atoms with Crippen LogP contribution in [0.5, 0.6) is 0 Å². The normalized spacial score (nSPS) is 23.9. The third-order valence-electron chi connectivity index (χ3n) is 3.77. The molecule has 7 nitrogen and oxygen atoms in total. The number of urea groups is 1. The Hall–Kier alpha value is -1.47. The van der Waals surface area contributed by atoms with Gasteiger partial charge < -0.3 is 4.74 Å². The zero-order valence-corrected chi connectivity index (χ0v) is 12.0. The number of rotatable bonds is 4. The molecule has 7 heteroatoms. The van der Waals surface area contributed by atoms with Gasteiger partial charge in [0.05, 0.1) is 13.2 Å². The van der Waals surface area contributed by atoms with E-state index in [0.717, 1.165) is 37.7 Å². The van der Waals surface area contributed by atoms with Crippen molar-refractivity contribution in [2.45, 2.75) is 20.3 Å². The number of carbonyl (C=O) groups excluding carboxylic acids is 3. The Labute approximate surface area is 118 Å². The summed E-state index contributed by atoms with van der Waals surface area (Å²) in [5, 5.41) is 2.23. The molecule has 2 fully saturated rings. The van der Waals surface area contributed by atoms with E-state index in [4.69, 9.17) is 4.74 Å². The molecule has 0 aromatic rings. The molecule has 2 rings (SSSR count). The minimum Gasteiger partial charge on any atom is -0.379 e. The third kappa shape index (κ3) is 2.99. The van der Waals surface area contributed by atoms with Gasteiger partial charge in [0.25, 0.3) is 0 Å². The molecule has 2 saturated heterocycles. The number of nitrogens with one attached hydrogen (secondary N) is 1. The lowest BCUT2D eigenvalue weighted by atomic mass is 9.89. The minimum absolute atomic E-state index is 0.332. The summed E-state index contributed by atoms with van der Waals surface area (Å²) in [6, 6.07) is -0.610. The van der Waals surface area contributed by atoms with E-state index < -0.39 is 23.3 Å². The molecule has 2 aliphatic heterocycles. The minimum atomic E-state index is -1.17. The quantitative estimate of drug-likeness (QED) is 0.724. The van der Waals surface area contributed by atoms with Crippen LogP contribution in [0.3, 0.4) is 0 Å². The third-order valence-corrected chi connectivity index (χ3v) is 3.77. The van der Waals surface area contributed by atoms with Gasteiger partial charge in [-0.1, -0.05) is 0 Å². The maximum atomic E-state index is 12.2. The standard InChI is InChI=1S/C13H21N3O4/c1-13(2)10(17)14-12(19)16(11(13)18)5-3-4-15-6-8-20-9-7-15/h3-9H2,1-2H3,(H,14,17,19). The number of imide groups is 2. The van der Waals surface area contributed by atoms with Crippen molar-refractivity contribution in [3.8, 4) is 0 Å². The molecule has 2 aliphatic rings. The second kappa shape index (κ2) is 5.88. The van der Waals surface area contributed by atoms with Crippen molar-refractivity contribution < 1.29 is 19.1 Å². The van der Waals surface area contributed by atoms with E-state index in [2.05, 4.69) is 10.2 Å². The fraction of sp³-hybridized carbons (Fsp3) is 0.769. The monoisotopic (exact) mass is 283 g/mol. The summed E-state index contributed by atoms with van der Waals surface area (Å²) in [6.07, 6.45) is 0.698. The lowest BCUT2D eigenvalue weighted by molar-refractivity contribution is -0.149. The topological polar surface area (TPSA) is 79.0 Å². The van der Waals surface area contributed by atoms with E-state index in [1.165, 1.54) is 13.8 Å². The molecule has 1 N–H and O–H groups in total. The van der Waals surface area contributed by atoms with Crippen LogP contribution in [0.1, 0.15) is 20.3 Å². The van der Waals surface area contributed by atoms with Gasteiger partial charge in [0, 0.05) is 26.2 Å². The first-order chi connectivity index (χ1) is 9.43. The Bertz CT molecular complexity index is 416. The first-order valence-electron chi connectivity index (χ1n) is 6.90. The summed E-state index contributed by atoms with van der Waals surface area (Å²) in [4.78, 5) is 38.9. The molecule has 0 saturated carbocycles. The summed E-state index contributed by atoms with van der Waals surface area (Å²) in [6.45, 7) is 7.43. The van der Waals surface area contributed by atoms with Gasteiger partial charge in [-0.3, -0.25) is 24.7 Å². The molecule has 0 aromatic carbocycles. The van der Waals surface area contributed by atoms with Crippen molar-refractivity contribution in [2.75, 3.05) is 39.4 Å². The fourth-order valence-corrected chi connectivity index (χ4v) is 2.33. The summed E-state index contributed by atoms with van der Waals surface area (Å²) >= 11 is 0. The van der Waals surface area contributed by atoms with Crippen molar-refractivity contribution in [1.82, 2.24) is 15.1 Å². The van der Waals surface area contributed by atoms with Crippen LogP contribution < -0.4 is 5.32 Å². The molecule has 0 bridgehead atoms. The average Bonchev–Trinajstić information content (AvgIpc) is 2.42. The number of hydrogen-bond donors (Lipinski definition) is 1. The Kier molecular flexibility index (Phi) is 4.39. The zero-order valence-electron chi connectivity index (χ0n) is 12.0. The van der Waals surface area contributed by atoms with Crippen LogP contribution in [-0.2, 0) is 14.3 Å². The van der Waals surface area contributed by atoms with E-state index in [-0.39, 0.29) is 0 Å². The van der Waals surface area contributed by atoms with Crippen molar-refractivity contribution in [1.29, 1.82) is 0 Å². The van der Waals surface area contributed by atoms with Gasteiger partial charge in [0.1, 0.15) is 5.41 Å². The number of morpholine rings is 1. The number of nitrogens with zero attached hydrogens (tertiary/aromatic N) is 2. The first kappa shape index (κ1) is 14.9. The van der Waals surface area contributed by atoms with Crippen molar-refractivity contribution in [3.63, 3.8) is 0 Å². The van der Waals surface area contributed by atoms with Gasteiger partial charge in [-0.2, -0.15) is 0 Å². The maximum Gasteiger partial charge on any atom is 0.330 e. The SMILES string of the molecule is CC1(C)C(=O)NC(=O)N(CCCN2CCOCC2)C1=O. The van der Waals surface area contributed by atoms with E-state index in [1.54, 1.807) is 0 Å². The molecule has 0 spiro atoms. The largest absolute Gasteiger partial charge is 0.379 e. The highest BCUT2D eigenvalue weighted by Crippen LogP contribution is 2.23. The Morgan fingerprint density at radius 2 is 1.80 bits per heavy atom. The number of amides is 4. The predicted octanol–water partition coefficient (Wildman–Crippen LogP) is -0.187. The van der Waals surface area contributed by atoms with Gasteiger partial charge in [-0.25, -0.2) is 4.79 Å². The molecule has 4 amide bonds. The van der Waals surface area contributed by atoms with Gasteiger partial charge in [0.15, 0.2) is 0 Å². The summed E-state index contributed by atoms with van der Waals surface area (Å²) in [5.74, 6) is -0.954. The van der Waals surface area contributed by atoms with Crippen LogP contribution in [-0.4, -0.2) is 67.0 Å². The molecule has 112 valence electrons. The van der Waals surface area contributed by atoms with E-state index in [0.29, 0.717) is 13.0 Å². The number of carbonyl (C=O) groups is 3. The lowest BCUT2D eigenvalue weighted by Crippen LogP contribution is -2.62. The highest BCUT2D eigenvalue weighted by Gasteiger charge is 2.46. The second-order valence-corrected chi connectivity index (χ2v) is 5.65. The maximum absolute atomic E-state index is 12.2. The molecule has 0 atom stereocenters. The second-order valence-electron chi connectivity index (χ2n) is 5.65. The smallest absolute Gasteiger partial charge is 0.330 e. The number of hydrogen-bond acceptors (Lipinski definition) is 5. The van der Waals surface area contributed by atoms with Crippen LogP contribution in [0.25, 0.3) is 0 Å². The summed E-state index contributed by atoms with van der Waals surface area (Å²) < 4.78 is 5.26. The zero-order chi connectivity index (χ0) is 14.8. The average molecular weight is 283 g/mol. The van der Waals surface area contributed by atoms with Crippen LogP contribution in [0, 0.1) is 5.41 Å². The number of ether oxygens (including phenoxy) is 1. The molecule has 0 unspecified atom stereocenters. The predicted molar refractivity (Wildman–Crippen MR) is 70.9 cm³/mol.